The standard InChI is InChI=1S/C21H25N9O2S/c1-33(31)16-6-4-15(5-7-16)29-12-10-28(11-13-29)9-8-23-20-25-19(22)30-21(26-20)24-18(27-30)17-3-2-14-32-17/h2-7,14H,8-13H2,1H3,(H3,22,23,24,25,26,27). The zero-order valence-corrected chi connectivity index (χ0v) is 19.0. The number of benzene rings is 1. The van der Waals surface area contributed by atoms with Crippen molar-refractivity contribution in [2.24, 2.45) is 0 Å². The summed E-state index contributed by atoms with van der Waals surface area (Å²) in [5, 5.41) is 7.54. The molecule has 33 heavy (non-hydrogen) atoms. The molecule has 1 unspecified atom stereocenters. The molecular formula is C21H25N9O2S. The number of hydrogen-bond donors (Lipinski definition) is 2. The molecule has 5 rings (SSSR count). The van der Waals surface area contributed by atoms with Crippen LogP contribution in [0.3, 0.4) is 0 Å². The van der Waals surface area contributed by atoms with Gasteiger partial charge in [-0.25, -0.2) is 0 Å². The first-order valence-corrected chi connectivity index (χ1v) is 12.2. The fraction of sp³-hybridized carbons (Fsp3) is 0.333. The summed E-state index contributed by atoms with van der Waals surface area (Å²) in [6, 6.07) is 11.5. The van der Waals surface area contributed by atoms with Crippen LogP contribution < -0.4 is 16.0 Å². The van der Waals surface area contributed by atoms with Gasteiger partial charge in [0.1, 0.15) is 6.26 Å². The second-order valence-corrected chi connectivity index (χ2v) is 9.11. The molecule has 1 aromatic carbocycles. The number of furan rings is 1. The van der Waals surface area contributed by atoms with E-state index in [4.69, 9.17) is 10.2 Å². The lowest BCUT2D eigenvalue weighted by Gasteiger charge is -2.36. The van der Waals surface area contributed by atoms with Gasteiger partial charge >= 0.3 is 0 Å². The van der Waals surface area contributed by atoms with E-state index >= 15 is 0 Å². The third-order valence-electron chi connectivity index (χ3n) is 5.59. The van der Waals surface area contributed by atoms with Crippen molar-refractivity contribution in [2.45, 2.75) is 4.90 Å². The molecule has 0 radical (unpaired) electrons. The molecule has 1 aliphatic heterocycles. The molecule has 172 valence electrons. The number of rotatable bonds is 7. The van der Waals surface area contributed by atoms with Gasteiger partial charge in [-0.15, -0.1) is 5.10 Å². The zero-order chi connectivity index (χ0) is 22.8. The highest BCUT2D eigenvalue weighted by Gasteiger charge is 2.18. The Morgan fingerprint density at radius 3 is 2.58 bits per heavy atom. The van der Waals surface area contributed by atoms with Gasteiger partial charge in [-0.05, 0) is 47.6 Å². The average molecular weight is 468 g/mol. The molecule has 1 fully saturated rings. The number of nitrogens with one attached hydrogen (secondary N) is 1. The highest BCUT2D eigenvalue weighted by atomic mass is 32.2. The monoisotopic (exact) mass is 467 g/mol. The first-order chi connectivity index (χ1) is 16.1. The van der Waals surface area contributed by atoms with Crippen molar-refractivity contribution in [3.63, 3.8) is 0 Å². The summed E-state index contributed by atoms with van der Waals surface area (Å²) < 4.78 is 18.3. The van der Waals surface area contributed by atoms with Crippen LogP contribution in [0, 0.1) is 0 Å². The molecule has 1 saturated heterocycles. The molecule has 4 heterocycles. The van der Waals surface area contributed by atoms with Crippen LogP contribution in [0.1, 0.15) is 0 Å². The predicted octanol–water partition coefficient (Wildman–Crippen LogP) is 1.33. The van der Waals surface area contributed by atoms with Gasteiger partial charge in [0.05, 0.1) is 6.26 Å². The van der Waals surface area contributed by atoms with Crippen LogP contribution in [0.5, 0.6) is 0 Å². The molecule has 3 N–H and O–H groups in total. The molecule has 1 atom stereocenters. The molecule has 0 bridgehead atoms. The van der Waals surface area contributed by atoms with Gasteiger partial charge in [-0.3, -0.25) is 4.90 Å². The number of aromatic nitrogens is 5. The van der Waals surface area contributed by atoms with Crippen LogP contribution in [-0.2, 0) is 11.2 Å². The third-order valence-corrected chi connectivity index (χ3v) is 6.53. The van der Waals surface area contributed by atoms with Crippen LogP contribution in [0.2, 0.25) is 0 Å². The Balaban J connectivity index is 1.14. The van der Waals surface area contributed by atoms with Crippen molar-refractivity contribution in [3.05, 3.63) is 42.7 Å². The second-order valence-electron chi connectivity index (χ2n) is 7.73. The molecule has 3 aromatic heterocycles. The first kappa shape index (κ1) is 21.5. The summed E-state index contributed by atoms with van der Waals surface area (Å²) in [7, 11) is 0. The summed E-state index contributed by atoms with van der Waals surface area (Å²) in [4.78, 5) is 18.7. The van der Waals surface area contributed by atoms with Gasteiger partial charge in [0.15, 0.2) is 10.7 Å². The van der Waals surface area contributed by atoms with Gasteiger partial charge in [0.2, 0.25) is 17.7 Å². The van der Waals surface area contributed by atoms with E-state index in [0.29, 0.717) is 29.9 Å². The maximum Gasteiger partial charge on any atom is 0.259 e. The van der Waals surface area contributed by atoms with Crippen molar-refractivity contribution in [1.29, 1.82) is 0 Å². The van der Waals surface area contributed by atoms with E-state index in [0.717, 1.165) is 37.6 Å². The van der Waals surface area contributed by atoms with Crippen molar-refractivity contribution in [3.8, 4) is 11.6 Å². The second kappa shape index (κ2) is 9.25. The molecule has 1 aliphatic rings. The molecule has 12 heteroatoms. The van der Waals surface area contributed by atoms with Crippen molar-refractivity contribution < 1.29 is 8.97 Å². The molecular weight excluding hydrogens is 442 g/mol. The zero-order valence-electron chi connectivity index (χ0n) is 18.2. The normalized spacial score (nSPS) is 15.8. The Labute approximate surface area is 193 Å². The smallest absolute Gasteiger partial charge is 0.259 e. The largest absolute Gasteiger partial charge is 0.612 e. The molecule has 0 spiro atoms. The molecule has 0 amide bonds. The minimum absolute atomic E-state index is 0.208. The van der Waals surface area contributed by atoms with Crippen molar-refractivity contribution in [1.82, 2.24) is 29.5 Å². The average Bonchev–Trinajstić information content (AvgIpc) is 3.50. The van der Waals surface area contributed by atoms with Crippen LogP contribution in [-0.4, -0.2) is 79.5 Å². The van der Waals surface area contributed by atoms with Crippen LogP contribution in [0.25, 0.3) is 17.4 Å². The van der Waals surface area contributed by atoms with Crippen LogP contribution in [0.15, 0.2) is 52.0 Å². The quantitative estimate of drug-likeness (QED) is 0.383. The summed E-state index contributed by atoms with van der Waals surface area (Å²) in [5.41, 5.74) is 7.21. The maximum atomic E-state index is 11.6. The Morgan fingerprint density at radius 2 is 1.88 bits per heavy atom. The fourth-order valence-corrected chi connectivity index (χ4v) is 4.32. The number of nitrogen functional groups attached to an aromatic ring is 1. The van der Waals surface area contributed by atoms with Gasteiger partial charge in [-0.2, -0.15) is 19.5 Å². The lowest BCUT2D eigenvalue weighted by atomic mass is 10.2. The van der Waals surface area contributed by atoms with Gasteiger partial charge in [0, 0.05) is 45.0 Å². The Morgan fingerprint density at radius 1 is 1.09 bits per heavy atom. The summed E-state index contributed by atoms with van der Waals surface area (Å²) >= 11 is -0.948. The van der Waals surface area contributed by atoms with Gasteiger partial charge < -0.3 is 24.9 Å². The number of anilines is 3. The van der Waals surface area contributed by atoms with E-state index in [1.54, 1.807) is 24.7 Å². The Hall–Kier alpha value is -3.35. The van der Waals surface area contributed by atoms with Crippen molar-refractivity contribution >= 4 is 34.5 Å². The molecule has 0 aliphatic carbocycles. The third kappa shape index (κ3) is 4.72. The van der Waals surface area contributed by atoms with Gasteiger partial charge in [-0.1, -0.05) is 0 Å². The van der Waals surface area contributed by atoms with E-state index in [1.165, 1.54) is 10.2 Å². The Kier molecular flexibility index (Phi) is 6.03. The van der Waals surface area contributed by atoms with E-state index in [9.17, 15) is 4.55 Å². The minimum Gasteiger partial charge on any atom is -0.612 e. The van der Waals surface area contributed by atoms with Crippen molar-refractivity contribution in [2.75, 3.05) is 61.5 Å². The predicted molar refractivity (Wildman–Crippen MR) is 127 cm³/mol. The van der Waals surface area contributed by atoms with Crippen LogP contribution in [0.4, 0.5) is 17.6 Å². The Bertz CT molecular complexity index is 1200. The number of nitrogens with two attached hydrogens (primary N) is 1. The SMILES string of the molecule is C[S+]([O-])c1ccc(N2CCN(CCNc3nc(N)n4nc(-c5ccco5)nc4n3)CC2)cc1. The van der Waals surface area contributed by atoms with E-state index in [2.05, 4.69) is 35.2 Å². The highest BCUT2D eigenvalue weighted by Crippen LogP contribution is 2.20. The number of hydrogen-bond acceptors (Lipinski definition) is 10. The highest BCUT2D eigenvalue weighted by molar-refractivity contribution is 7.90. The maximum absolute atomic E-state index is 11.6. The number of nitrogens with zero attached hydrogens (tertiary/aromatic N) is 7. The minimum atomic E-state index is -0.948. The van der Waals surface area contributed by atoms with E-state index in [1.807, 2.05) is 24.3 Å². The van der Waals surface area contributed by atoms with E-state index in [-0.39, 0.29) is 5.95 Å². The van der Waals surface area contributed by atoms with E-state index < -0.39 is 11.2 Å². The molecule has 11 nitrogen and oxygen atoms in total. The fourth-order valence-electron chi connectivity index (χ4n) is 3.80. The number of piperazine rings is 1. The number of fused-ring (bicyclic) bond motifs is 1. The first-order valence-electron chi connectivity index (χ1n) is 10.7. The summed E-state index contributed by atoms with van der Waals surface area (Å²) in [6.07, 6.45) is 3.26. The van der Waals surface area contributed by atoms with Crippen LogP contribution >= 0.6 is 0 Å². The molecule has 4 aromatic rings. The van der Waals surface area contributed by atoms with Gasteiger partial charge in [0.25, 0.3) is 5.78 Å². The lowest BCUT2D eigenvalue weighted by Crippen LogP contribution is -2.47. The topological polar surface area (TPSA) is 137 Å². The lowest BCUT2D eigenvalue weighted by molar-refractivity contribution is 0.267. The summed E-state index contributed by atoms with van der Waals surface area (Å²) in [6.45, 7) is 5.36. The summed E-state index contributed by atoms with van der Waals surface area (Å²) in [5.74, 6) is 1.95. The molecule has 0 saturated carbocycles.